The number of hydrogen-bond donors (Lipinski definition) is 0. The van der Waals surface area contributed by atoms with Crippen LogP contribution in [0, 0.1) is 0 Å². The van der Waals surface area contributed by atoms with Crippen LogP contribution in [0.25, 0.3) is 22.2 Å². The molecular weight excluding hydrogens is 294 g/mol. The Morgan fingerprint density at radius 1 is 1.22 bits per heavy atom. The number of carbonyl (C=O) groups is 1. The molecule has 0 aliphatic rings. The molecule has 0 unspecified atom stereocenters. The van der Waals surface area contributed by atoms with Crippen LogP contribution in [0.4, 0.5) is 0 Å². The molecule has 0 N–H and O–H groups in total. The zero-order valence-electron chi connectivity index (χ0n) is 12.8. The van der Waals surface area contributed by atoms with Crippen LogP contribution in [0.15, 0.2) is 47.4 Å². The molecule has 0 amide bonds. The summed E-state index contributed by atoms with van der Waals surface area (Å²) in [5, 5.41) is 5.12. The van der Waals surface area contributed by atoms with Gasteiger partial charge in [-0.25, -0.2) is 9.48 Å². The van der Waals surface area contributed by atoms with Gasteiger partial charge in [-0.3, -0.25) is 9.78 Å². The van der Waals surface area contributed by atoms with Crippen LogP contribution in [-0.4, -0.2) is 27.8 Å². The first-order valence-electron chi connectivity index (χ1n) is 7.20. The molecule has 23 heavy (non-hydrogen) atoms. The number of esters is 1. The first-order valence-corrected chi connectivity index (χ1v) is 7.20. The van der Waals surface area contributed by atoms with E-state index in [1.54, 1.807) is 36.5 Å². The molecule has 1 aromatic carbocycles. The fourth-order valence-corrected chi connectivity index (χ4v) is 2.42. The van der Waals surface area contributed by atoms with E-state index in [4.69, 9.17) is 4.74 Å². The average Bonchev–Trinajstić information content (AvgIpc) is 2.62. The predicted molar refractivity (Wildman–Crippen MR) is 86.2 cm³/mol. The highest BCUT2D eigenvalue weighted by Crippen LogP contribution is 2.24. The second-order valence-electron chi connectivity index (χ2n) is 4.94. The maximum Gasteiger partial charge on any atom is 0.337 e. The van der Waals surface area contributed by atoms with Gasteiger partial charge in [-0.2, -0.15) is 5.10 Å². The Morgan fingerprint density at radius 2 is 1.96 bits per heavy atom. The van der Waals surface area contributed by atoms with E-state index >= 15 is 0 Å². The van der Waals surface area contributed by atoms with Crippen molar-refractivity contribution in [3.8, 4) is 11.3 Å². The molecular formula is C17H15N3O3. The van der Waals surface area contributed by atoms with E-state index in [1.165, 1.54) is 11.8 Å². The van der Waals surface area contributed by atoms with Crippen LogP contribution in [0.1, 0.15) is 17.3 Å². The topological polar surface area (TPSA) is 74.1 Å². The van der Waals surface area contributed by atoms with Gasteiger partial charge < -0.3 is 4.74 Å². The second kappa shape index (κ2) is 6.00. The molecule has 0 radical (unpaired) electrons. The quantitative estimate of drug-likeness (QED) is 0.694. The fourth-order valence-electron chi connectivity index (χ4n) is 2.42. The highest BCUT2D eigenvalue weighted by atomic mass is 16.5. The summed E-state index contributed by atoms with van der Waals surface area (Å²) in [7, 11) is 1.34. The molecule has 0 saturated heterocycles. The molecule has 116 valence electrons. The summed E-state index contributed by atoms with van der Waals surface area (Å²) in [4.78, 5) is 28.0. The van der Waals surface area contributed by atoms with Crippen LogP contribution < -0.4 is 5.56 Å². The number of pyridine rings is 1. The second-order valence-corrected chi connectivity index (χ2v) is 4.94. The first-order chi connectivity index (χ1) is 11.2. The number of hydrogen-bond acceptors (Lipinski definition) is 5. The van der Waals surface area contributed by atoms with Gasteiger partial charge in [0.1, 0.15) is 11.2 Å². The molecule has 6 heteroatoms. The number of rotatable bonds is 3. The number of methoxy groups -OCH3 is 1. The van der Waals surface area contributed by atoms with Gasteiger partial charge in [-0.15, -0.1) is 0 Å². The molecule has 0 spiro atoms. The molecule has 0 aliphatic heterocycles. The summed E-state index contributed by atoms with van der Waals surface area (Å²) in [5.41, 5.74) is 2.10. The maximum absolute atomic E-state index is 12.3. The Bertz CT molecular complexity index is 930. The summed E-state index contributed by atoms with van der Waals surface area (Å²) in [6.07, 6.45) is 1.59. The monoisotopic (exact) mass is 309 g/mol. The summed E-state index contributed by atoms with van der Waals surface area (Å²) in [6.45, 7) is 2.31. The van der Waals surface area contributed by atoms with Gasteiger partial charge in [-0.05, 0) is 31.2 Å². The minimum atomic E-state index is -0.394. The molecule has 0 atom stereocenters. The third-order valence-electron chi connectivity index (χ3n) is 3.60. The number of aryl methyl sites for hydroxylation is 1. The highest BCUT2D eigenvalue weighted by Gasteiger charge is 2.13. The molecule has 0 saturated carbocycles. The van der Waals surface area contributed by atoms with Crippen molar-refractivity contribution in [1.29, 1.82) is 0 Å². The fraction of sp³-hybridized carbons (Fsp3) is 0.176. The largest absolute Gasteiger partial charge is 0.465 e. The third-order valence-corrected chi connectivity index (χ3v) is 3.60. The number of ether oxygens (including phenoxy) is 1. The van der Waals surface area contributed by atoms with Gasteiger partial charge in [-0.1, -0.05) is 12.1 Å². The lowest BCUT2D eigenvalue weighted by Crippen LogP contribution is -2.23. The lowest BCUT2D eigenvalue weighted by Gasteiger charge is -2.09. The number of carbonyl (C=O) groups excluding carboxylic acids is 1. The van der Waals surface area contributed by atoms with Crippen LogP contribution in [0.2, 0.25) is 0 Å². The van der Waals surface area contributed by atoms with Crippen molar-refractivity contribution in [1.82, 2.24) is 14.8 Å². The minimum Gasteiger partial charge on any atom is -0.465 e. The van der Waals surface area contributed by atoms with E-state index in [0.29, 0.717) is 28.7 Å². The first kappa shape index (κ1) is 14.9. The van der Waals surface area contributed by atoms with Crippen LogP contribution in [0.5, 0.6) is 0 Å². The van der Waals surface area contributed by atoms with Crippen molar-refractivity contribution in [2.24, 2.45) is 0 Å². The number of fused-ring (bicyclic) bond motifs is 1. The summed E-state index contributed by atoms with van der Waals surface area (Å²) in [6, 6.07) is 10.5. The van der Waals surface area contributed by atoms with Crippen LogP contribution in [-0.2, 0) is 11.3 Å². The Kier molecular flexibility index (Phi) is 3.89. The minimum absolute atomic E-state index is 0.210. The number of benzene rings is 1. The smallest absolute Gasteiger partial charge is 0.337 e. The Balaban J connectivity index is 2.21. The van der Waals surface area contributed by atoms with Crippen molar-refractivity contribution < 1.29 is 9.53 Å². The van der Waals surface area contributed by atoms with E-state index in [0.717, 1.165) is 5.56 Å². The SMILES string of the molecule is CCn1nc(-c2ccc(C(=O)OC)cc2)c2cccnc2c1=O. The van der Waals surface area contributed by atoms with E-state index in [-0.39, 0.29) is 5.56 Å². The van der Waals surface area contributed by atoms with Gasteiger partial charge in [0.2, 0.25) is 0 Å². The molecule has 2 heterocycles. The molecule has 3 rings (SSSR count). The number of aromatic nitrogens is 3. The molecule has 2 aromatic heterocycles. The molecule has 6 nitrogen and oxygen atoms in total. The van der Waals surface area contributed by atoms with E-state index < -0.39 is 5.97 Å². The zero-order valence-corrected chi connectivity index (χ0v) is 12.8. The van der Waals surface area contributed by atoms with Gasteiger partial charge in [0.15, 0.2) is 0 Å². The number of nitrogens with zero attached hydrogens (tertiary/aromatic N) is 3. The Morgan fingerprint density at radius 3 is 2.61 bits per heavy atom. The van der Waals surface area contributed by atoms with Crippen LogP contribution in [0.3, 0.4) is 0 Å². The zero-order chi connectivity index (χ0) is 16.4. The lowest BCUT2D eigenvalue weighted by atomic mass is 10.1. The lowest BCUT2D eigenvalue weighted by molar-refractivity contribution is 0.0601. The van der Waals surface area contributed by atoms with Gasteiger partial charge >= 0.3 is 5.97 Å². The summed E-state index contributed by atoms with van der Waals surface area (Å²) < 4.78 is 6.08. The van der Waals surface area contributed by atoms with E-state index in [9.17, 15) is 9.59 Å². The maximum atomic E-state index is 12.3. The van der Waals surface area contributed by atoms with Gasteiger partial charge in [0, 0.05) is 23.7 Å². The summed E-state index contributed by atoms with van der Waals surface area (Å²) >= 11 is 0. The molecule has 0 bridgehead atoms. The van der Waals surface area contributed by atoms with Crippen molar-refractivity contribution in [2.75, 3.05) is 7.11 Å². The predicted octanol–water partition coefficient (Wildman–Crippen LogP) is 2.26. The molecule has 0 fully saturated rings. The van der Waals surface area contributed by atoms with E-state index in [1.807, 2.05) is 13.0 Å². The Hall–Kier alpha value is -3.02. The third kappa shape index (κ3) is 2.59. The van der Waals surface area contributed by atoms with Crippen LogP contribution >= 0.6 is 0 Å². The van der Waals surface area contributed by atoms with Crippen molar-refractivity contribution in [3.05, 3.63) is 58.5 Å². The van der Waals surface area contributed by atoms with Crippen molar-refractivity contribution in [3.63, 3.8) is 0 Å². The molecule has 3 aromatic rings. The van der Waals surface area contributed by atoms with Gasteiger partial charge in [0.25, 0.3) is 5.56 Å². The average molecular weight is 309 g/mol. The highest BCUT2D eigenvalue weighted by molar-refractivity contribution is 5.93. The van der Waals surface area contributed by atoms with Gasteiger partial charge in [0.05, 0.1) is 12.7 Å². The standard InChI is InChI=1S/C17H15N3O3/c1-3-20-16(21)15-13(5-4-10-18-15)14(19-20)11-6-8-12(9-7-11)17(22)23-2/h4-10H,3H2,1-2H3. The molecule has 0 aliphatic carbocycles. The van der Waals surface area contributed by atoms with Crippen molar-refractivity contribution >= 4 is 16.9 Å². The summed E-state index contributed by atoms with van der Waals surface area (Å²) in [5.74, 6) is -0.394. The van der Waals surface area contributed by atoms with Crippen molar-refractivity contribution in [2.45, 2.75) is 13.5 Å². The normalized spacial score (nSPS) is 10.7. The Labute approximate surface area is 132 Å². The van der Waals surface area contributed by atoms with E-state index in [2.05, 4.69) is 10.1 Å².